The van der Waals surface area contributed by atoms with Gasteiger partial charge >= 0.3 is 6.18 Å². The van der Waals surface area contributed by atoms with Crippen LogP contribution >= 0.6 is 0 Å². The molecule has 1 aromatic rings. The second kappa shape index (κ2) is 3.65. The summed E-state index contributed by atoms with van der Waals surface area (Å²) in [5, 5.41) is 8.93. The third-order valence-corrected chi connectivity index (χ3v) is 1.75. The zero-order chi connectivity index (χ0) is 11.8. The van der Waals surface area contributed by atoms with Gasteiger partial charge < -0.3 is 10.8 Å². The Morgan fingerprint density at radius 3 is 2.20 bits per heavy atom. The molecule has 0 radical (unpaired) electrons. The summed E-state index contributed by atoms with van der Waals surface area (Å²) in [5.41, 5.74) is 3.66. The van der Waals surface area contributed by atoms with Gasteiger partial charge in [-0.2, -0.15) is 13.2 Å². The fraction of sp³-hybridized carbons (Fsp3) is 0.250. The molecule has 3 N–H and O–H groups in total. The van der Waals surface area contributed by atoms with E-state index in [1.54, 1.807) is 0 Å². The quantitative estimate of drug-likeness (QED) is 0.722. The van der Waals surface area contributed by atoms with Gasteiger partial charge in [-0.05, 0) is 6.07 Å². The first-order valence-corrected chi connectivity index (χ1v) is 3.73. The zero-order valence-corrected chi connectivity index (χ0v) is 7.15. The summed E-state index contributed by atoms with van der Waals surface area (Å²) in [7, 11) is 0. The van der Waals surface area contributed by atoms with Gasteiger partial charge in [0.25, 0.3) is 0 Å². The van der Waals surface area contributed by atoms with Crippen LogP contribution in [0.15, 0.2) is 12.1 Å². The lowest BCUT2D eigenvalue weighted by Gasteiger charge is -2.17. The van der Waals surface area contributed by atoms with Crippen LogP contribution in [0.2, 0.25) is 0 Å². The van der Waals surface area contributed by atoms with Gasteiger partial charge in [0.1, 0.15) is 11.9 Å². The predicted molar refractivity (Wildman–Crippen MR) is 41.0 cm³/mol. The van der Waals surface area contributed by atoms with Crippen molar-refractivity contribution < 1.29 is 27.1 Å². The molecule has 1 aromatic carbocycles. The van der Waals surface area contributed by atoms with Crippen molar-refractivity contribution in [1.82, 2.24) is 0 Å². The van der Waals surface area contributed by atoms with Gasteiger partial charge in [0.2, 0.25) is 0 Å². The summed E-state index contributed by atoms with van der Waals surface area (Å²) in [4.78, 5) is 0. The molecule has 0 aliphatic heterocycles. The van der Waals surface area contributed by atoms with Crippen LogP contribution in [-0.2, 0) is 0 Å². The van der Waals surface area contributed by atoms with E-state index in [0.717, 1.165) is 0 Å². The molecule has 15 heavy (non-hydrogen) atoms. The Bertz CT molecular complexity index is 376. The average Bonchev–Trinajstić information content (AvgIpc) is 2.08. The number of benzene rings is 1. The van der Waals surface area contributed by atoms with Gasteiger partial charge in [-0.25, -0.2) is 8.78 Å². The highest BCUT2D eigenvalue weighted by Gasteiger charge is 2.40. The topological polar surface area (TPSA) is 46.2 Å². The first kappa shape index (κ1) is 11.7. The molecular weight excluding hydrogens is 221 g/mol. The van der Waals surface area contributed by atoms with E-state index < -0.39 is 35.2 Å². The maximum atomic E-state index is 12.7. The Hall–Kier alpha value is -1.37. The van der Waals surface area contributed by atoms with Crippen LogP contribution in [0.3, 0.4) is 0 Å². The fourth-order valence-corrected chi connectivity index (χ4v) is 0.999. The molecular formula is C8H6F5NO. The minimum Gasteiger partial charge on any atom is -0.505 e. The van der Waals surface area contributed by atoms with E-state index in [4.69, 9.17) is 10.8 Å². The lowest BCUT2D eigenvalue weighted by molar-refractivity contribution is -0.149. The second-order valence-electron chi connectivity index (χ2n) is 2.84. The molecule has 0 saturated carbocycles. The Morgan fingerprint density at radius 1 is 1.20 bits per heavy atom. The van der Waals surface area contributed by atoms with E-state index in [2.05, 4.69) is 0 Å². The molecule has 0 aliphatic rings. The molecule has 7 heteroatoms. The summed E-state index contributed by atoms with van der Waals surface area (Å²) >= 11 is 0. The number of aromatic hydroxyl groups is 1. The van der Waals surface area contributed by atoms with Crippen LogP contribution in [0.25, 0.3) is 0 Å². The zero-order valence-electron chi connectivity index (χ0n) is 7.15. The standard InChI is InChI=1S/C8H6F5NO/c9-3-1-4(6(15)5(10)2-3)7(14)8(11,12)13/h1-2,7,15H,14H2/t7-/m0/s1. The smallest absolute Gasteiger partial charge is 0.407 e. The number of nitrogens with two attached hydrogens (primary N) is 1. The molecule has 0 amide bonds. The number of hydrogen-bond donors (Lipinski definition) is 2. The van der Waals surface area contributed by atoms with Gasteiger partial charge in [-0.3, -0.25) is 0 Å². The van der Waals surface area contributed by atoms with Crippen molar-refractivity contribution in [3.63, 3.8) is 0 Å². The molecule has 1 atom stereocenters. The Morgan fingerprint density at radius 2 is 1.73 bits per heavy atom. The molecule has 0 unspecified atom stereocenters. The molecule has 0 aliphatic carbocycles. The largest absolute Gasteiger partial charge is 0.505 e. The highest BCUT2D eigenvalue weighted by atomic mass is 19.4. The highest BCUT2D eigenvalue weighted by Crippen LogP contribution is 2.36. The third kappa shape index (κ3) is 2.35. The van der Waals surface area contributed by atoms with Crippen LogP contribution in [0.1, 0.15) is 11.6 Å². The van der Waals surface area contributed by atoms with Crippen LogP contribution < -0.4 is 5.73 Å². The second-order valence-corrected chi connectivity index (χ2v) is 2.84. The molecule has 0 saturated heterocycles. The number of hydrogen-bond acceptors (Lipinski definition) is 2. The van der Waals surface area contributed by atoms with Gasteiger partial charge in [0.05, 0.1) is 0 Å². The number of halogens is 5. The van der Waals surface area contributed by atoms with Crippen LogP contribution in [0.5, 0.6) is 5.75 Å². The average molecular weight is 227 g/mol. The SMILES string of the molecule is N[C@@H](c1cc(F)cc(F)c1O)C(F)(F)F. The third-order valence-electron chi connectivity index (χ3n) is 1.75. The van der Waals surface area contributed by atoms with E-state index in [-0.39, 0.29) is 6.07 Å². The van der Waals surface area contributed by atoms with E-state index in [0.29, 0.717) is 6.07 Å². The summed E-state index contributed by atoms with van der Waals surface area (Å²) in [6, 6.07) is -2.01. The van der Waals surface area contributed by atoms with Gasteiger partial charge in [0, 0.05) is 11.6 Å². The van der Waals surface area contributed by atoms with Crippen molar-refractivity contribution in [2.24, 2.45) is 5.73 Å². The van der Waals surface area contributed by atoms with Gasteiger partial charge in [-0.1, -0.05) is 0 Å². The predicted octanol–water partition coefficient (Wildman–Crippen LogP) is 2.23. The monoisotopic (exact) mass is 227 g/mol. The van der Waals surface area contributed by atoms with E-state index >= 15 is 0 Å². The Labute approximate surface area is 81.1 Å². The molecule has 84 valence electrons. The number of rotatable bonds is 1. The minimum absolute atomic E-state index is 0.266. The lowest BCUT2D eigenvalue weighted by atomic mass is 10.1. The van der Waals surface area contributed by atoms with Gasteiger partial charge in [0.15, 0.2) is 11.6 Å². The molecule has 1 rings (SSSR count). The van der Waals surface area contributed by atoms with Crippen molar-refractivity contribution in [1.29, 1.82) is 0 Å². The minimum atomic E-state index is -4.88. The first-order chi connectivity index (χ1) is 6.73. The van der Waals surface area contributed by atoms with Crippen molar-refractivity contribution in [3.05, 3.63) is 29.3 Å². The summed E-state index contributed by atoms with van der Waals surface area (Å²) < 4.78 is 61.5. The lowest BCUT2D eigenvalue weighted by Crippen LogP contribution is -2.28. The molecule has 0 bridgehead atoms. The first-order valence-electron chi connectivity index (χ1n) is 3.73. The van der Waals surface area contributed by atoms with Crippen molar-refractivity contribution in [3.8, 4) is 5.75 Å². The Balaban J connectivity index is 3.25. The Kier molecular flexibility index (Phi) is 2.85. The van der Waals surface area contributed by atoms with Gasteiger partial charge in [-0.15, -0.1) is 0 Å². The summed E-state index contributed by atoms with van der Waals surface area (Å²) in [6.07, 6.45) is -4.88. The maximum Gasteiger partial charge on any atom is 0.407 e. The molecule has 2 nitrogen and oxygen atoms in total. The van der Waals surface area contributed by atoms with Crippen molar-refractivity contribution in [2.75, 3.05) is 0 Å². The van der Waals surface area contributed by atoms with Crippen LogP contribution in [-0.4, -0.2) is 11.3 Å². The molecule has 0 fully saturated rings. The summed E-state index contributed by atoms with van der Waals surface area (Å²) in [6.45, 7) is 0. The van der Waals surface area contributed by atoms with Crippen molar-refractivity contribution >= 4 is 0 Å². The molecule has 0 spiro atoms. The fourth-order valence-electron chi connectivity index (χ4n) is 0.999. The number of phenolic OH excluding ortho intramolecular Hbond substituents is 1. The maximum absolute atomic E-state index is 12.7. The van der Waals surface area contributed by atoms with Crippen LogP contribution in [0, 0.1) is 11.6 Å². The summed E-state index contributed by atoms with van der Waals surface area (Å²) in [5.74, 6) is -4.01. The van der Waals surface area contributed by atoms with Crippen molar-refractivity contribution in [2.45, 2.75) is 12.2 Å². The number of phenols is 1. The molecule has 0 heterocycles. The van der Waals surface area contributed by atoms with E-state index in [1.807, 2.05) is 0 Å². The molecule has 0 aromatic heterocycles. The van der Waals surface area contributed by atoms with Crippen LogP contribution in [0.4, 0.5) is 22.0 Å². The number of alkyl halides is 3. The highest BCUT2D eigenvalue weighted by molar-refractivity contribution is 5.37. The van der Waals surface area contributed by atoms with E-state index in [9.17, 15) is 22.0 Å². The van der Waals surface area contributed by atoms with E-state index in [1.165, 1.54) is 0 Å². The normalized spacial score (nSPS) is 14.0.